The van der Waals surface area contributed by atoms with Crippen LogP contribution in [0.1, 0.15) is 31.1 Å². The third kappa shape index (κ3) is 4.41. The predicted molar refractivity (Wildman–Crippen MR) is 88.5 cm³/mol. The van der Waals surface area contributed by atoms with Gasteiger partial charge in [-0.15, -0.1) is 0 Å². The van der Waals surface area contributed by atoms with Crippen molar-refractivity contribution in [3.8, 4) is 0 Å². The normalized spacial score (nSPS) is 21.5. The molecule has 22 heavy (non-hydrogen) atoms. The number of hydrogen-bond acceptors (Lipinski definition) is 4. The molecule has 0 amide bonds. The van der Waals surface area contributed by atoms with Gasteiger partial charge in [0, 0.05) is 0 Å². The van der Waals surface area contributed by atoms with E-state index in [1.807, 2.05) is 18.2 Å². The lowest BCUT2D eigenvalue weighted by atomic mass is 10.2. The molecule has 1 saturated heterocycles. The van der Waals surface area contributed by atoms with Gasteiger partial charge in [0.2, 0.25) is 0 Å². The van der Waals surface area contributed by atoms with E-state index in [2.05, 4.69) is 33.9 Å². The Kier molecular flexibility index (Phi) is 5.09. The van der Waals surface area contributed by atoms with E-state index in [1.54, 1.807) is 12.1 Å². The number of esters is 1. The zero-order chi connectivity index (χ0) is 16.4. The van der Waals surface area contributed by atoms with Crippen molar-refractivity contribution in [2.45, 2.75) is 51.1 Å². The van der Waals surface area contributed by atoms with E-state index < -0.39 is 8.32 Å². The highest BCUT2D eigenvalue weighted by molar-refractivity contribution is 6.74. The van der Waals surface area contributed by atoms with Gasteiger partial charge in [-0.3, -0.25) is 0 Å². The summed E-state index contributed by atoms with van der Waals surface area (Å²) >= 11 is 0. The first-order valence-corrected chi connectivity index (χ1v) is 10.6. The molecule has 122 valence electrons. The van der Waals surface area contributed by atoms with Crippen molar-refractivity contribution in [1.82, 2.24) is 0 Å². The number of ether oxygens (including phenoxy) is 2. The van der Waals surface area contributed by atoms with Gasteiger partial charge >= 0.3 is 5.97 Å². The van der Waals surface area contributed by atoms with E-state index in [4.69, 9.17) is 13.9 Å². The molecule has 0 aliphatic carbocycles. The van der Waals surface area contributed by atoms with Crippen LogP contribution in [0, 0.1) is 0 Å². The summed E-state index contributed by atoms with van der Waals surface area (Å²) in [6.07, 6.45) is 0.0233. The van der Waals surface area contributed by atoms with Crippen molar-refractivity contribution in [1.29, 1.82) is 0 Å². The minimum absolute atomic E-state index is 0.0302. The quantitative estimate of drug-likeness (QED) is 0.456. The Balaban J connectivity index is 1.70. The Morgan fingerprint density at radius 3 is 2.32 bits per heavy atom. The van der Waals surface area contributed by atoms with E-state index in [-0.39, 0.29) is 23.2 Å². The van der Waals surface area contributed by atoms with Gasteiger partial charge in [0.15, 0.2) is 8.32 Å². The zero-order valence-corrected chi connectivity index (χ0v) is 15.1. The van der Waals surface area contributed by atoms with Crippen LogP contribution in [0.3, 0.4) is 0 Å². The Bertz CT molecular complexity index is 507. The van der Waals surface area contributed by atoms with Crippen LogP contribution in [0.4, 0.5) is 0 Å². The minimum Gasteiger partial charge on any atom is -0.459 e. The highest BCUT2D eigenvalue weighted by Crippen LogP contribution is 2.37. The summed E-state index contributed by atoms with van der Waals surface area (Å²) < 4.78 is 16.9. The summed E-state index contributed by atoms with van der Waals surface area (Å²) in [6.45, 7) is 12.0. The molecule has 1 aliphatic rings. The van der Waals surface area contributed by atoms with Gasteiger partial charge in [-0.2, -0.15) is 0 Å². The molecule has 1 aliphatic heterocycles. The van der Waals surface area contributed by atoms with Crippen LogP contribution in [-0.2, 0) is 13.9 Å². The minimum atomic E-state index is -1.74. The van der Waals surface area contributed by atoms with Crippen molar-refractivity contribution in [2.75, 3.05) is 13.2 Å². The largest absolute Gasteiger partial charge is 0.459 e. The van der Waals surface area contributed by atoms with Crippen LogP contribution in [0.5, 0.6) is 0 Å². The summed E-state index contributed by atoms with van der Waals surface area (Å²) in [4.78, 5) is 11.8. The molecule has 0 saturated carbocycles. The van der Waals surface area contributed by atoms with Crippen LogP contribution in [0.2, 0.25) is 18.1 Å². The summed E-state index contributed by atoms with van der Waals surface area (Å²) in [5.74, 6) is -0.305. The molecule has 5 heteroatoms. The van der Waals surface area contributed by atoms with Crippen molar-refractivity contribution < 1.29 is 18.7 Å². The second-order valence-electron chi connectivity index (χ2n) is 7.25. The van der Waals surface area contributed by atoms with Crippen LogP contribution in [0.25, 0.3) is 0 Å². The van der Waals surface area contributed by atoms with Gasteiger partial charge in [0.1, 0.15) is 18.8 Å². The second-order valence-corrected chi connectivity index (χ2v) is 12.1. The van der Waals surface area contributed by atoms with E-state index in [0.717, 1.165) is 0 Å². The van der Waals surface area contributed by atoms with Gasteiger partial charge in [0.25, 0.3) is 0 Å². The first kappa shape index (κ1) is 17.2. The second kappa shape index (κ2) is 6.52. The van der Waals surface area contributed by atoms with Gasteiger partial charge in [-0.25, -0.2) is 4.79 Å². The van der Waals surface area contributed by atoms with Crippen LogP contribution >= 0.6 is 0 Å². The molecule has 0 spiro atoms. The molecule has 1 aromatic rings. The van der Waals surface area contributed by atoms with E-state index in [1.165, 1.54) is 0 Å². The Labute approximate surface area is 133 Å². The lowest BCUT2D eigenvalue weighted by Crippen LogP contribution is -2.41. The Hall–Kier alpha value is -1.17. The average molecular weight is 322 g/mol. The number of hydrogen-bond donors (Lipinski definition) is 0. The van der Waals surface area contributed by atoms with Gasteiger partial charge in [-0.05, 0) is 30.3 Å². The fraction of sp³-hybridized carbons (Fsp3) is 0.588. The lowest BCUT2D eigenvalue weighted by Gasteiger charge is -2.35. The third-order valence-corrected chi connectivity index (χ3v) is 8.99. The molecule has 0 N–H and O–H groups in total. The molecule has 2 atom stereocenters. The number of benzene rings is 1. The van der Waals surface area contributed by atoms with Crippen molar-refractivity contribution in [3.63, 3.8) is 0 Å². The molecule has 0 bridgehead atoms. The zero-order valence-electron chi connectivity index (χ0n) is 14.1. The number of carbonyl (C=O) groups excluding carboxylic acids is 1. The monoisotopic (exact) mass is 322 g/mol. The van der Waals surface area contributed by atoms with Gasteiger partial charge < -0.3 is 13.9 Å². The fourth-order valence-electron chi connectivity index (χ4n) is 1.79. The summed E-state index contributed by atoms with van der Waals surface area (Å²) in [7, 11) is -1.74. The van der Waals surface area contributed by atoms with Crippen molar-refractivity contribution in [2.24, 2.45) is 0 Å². The summed E-state index contributed by atoms with van der Waals surface area (Å²) in [5, 5.41) is 0.192. The van der Waals surface area contributed by atoms with Crippen LogP contribution < -0.4 is 0 Å². The third-order valence-electron chi connectivity index (χ3n) is 4.49. The van der Waals surface area contributed by atoms with Crippen molar-refractivity contribution >= 4 is 14.3 Å². The molecule has 4 nitrogen and oxygen atoms in total. The molecule has 0 radical (unpaired) electrons. The highest BCUT2D eigenvalue weighted by atomic mass is 28.4. The molecular formula is C17H26O4Si. The average Bonchev–Trinajstić information content (AvgIpc) is 3.21. The smallest absolute Gasteiger partial charge is 0.338 e. The fourth-order valence-corrected chi connectivity index (χ4v) is 2.81. The van der Waals surface area contributed by atoms with E-state index in [9.17, 15) is 4.79 Å². The first-order chi connectivity index (χ1) is 10.2. The van der Waals surface area contributed by atoms with E-state index in [0.29, 0.717) is 18.8 Å². The van der Waals surface area contributed by atoms with Gasteiger partial charge in [-0.1, -0.05) is 39.0 Å². The van der Waals surface area contributed by atoms with Gasteiger partial charge in [0.05, 0.1) is 12.2 Å². The predicted octanol–water partition coefficient (Wildman–Crippen LogP) is 3.63. The Morgan fingerprint density at radius 1 is 1.14 bits per heavy atom. The lowest BCUT2D eigenvalue weighted by molar-refractivity contribution is 0.0476. The standard InChI is InChI=1S/C17H26O4Si/c1-17(2,3)22(4,5)20-12-15-14(21-15)11-19-16(18)13-9-7-6-8-10-13/h6-10,14-15H,11-12H2,1-5H3. The maximum atomic E-state index is 11.8. The number of carbonyl (C=O) groups is 1. The highest BCUT2D eigenvalue weighted by Gasteiger charge is 2.44. The van der Waals surface area contributed by atoms with Crippen molar-refractivity contribution in [3.05, 3.63) is 35.9 Å². The first-order valence-electron chi connectivity index (χ1n) is 7.72. The Morgan fingerprint density at radius 2 is 1.73 bits per heavy atom. The molecule has 0 aromatic heterocycles. The maximum absolute atomic E-state index is 11.8. The van der Waals surface area contributed by atoms with E-state index >= 15 is 0 Å². The SMILES string of the molecule is CC(C)(C)[Si](C)(C)OCC1OC1COC(=O)c1ccccc1. The summed E-state index contributed by atoms with van der Waals surface area (Å²) in [6, 6.07) is 9.00. The number of rotatable bonds is 6. The van der Waals surface area contributed by atoms with Crippen LogP contribution in [0.15, 0.2) is 30.3 Å². The maximum Gasteiger partial charge on any atom is 0.338 e. The molecule has 1 aromatic carbocycles. The molecule has 2 unspecified atom stereocenters. The molecule has 2 rings (SSSR count). The molecular weight excluding hydrogens is 296 g/mol. The topological polar surface area (TPSA) is 48.1 Å². The summed E-state index contributed by atoms with van der Waals surface area (Å²) in [5.41, 5.74) is 0.567. The molecule has 1 heterocycles. The molecule has 1 fully saturated rings. The van der Waals surface area contributed by atoms with Crippen LogP contribution in [-0.4, -0.2) is 39.7 Å². The number of epoxide rings is 1.